The summed E-state index contributed by atoms with van der Waals surface area (Å²) in [7, 11) is 0. The highest BCUT2D eigenvalue weighted by molar-refractivity contribution is 7.18. The van der Waals surface area contributed by atoms with Gasteiger partial charge < -0.3 is 5.32 Å². The van der Waals surface area contributed by atoms with E-state index < -0.39 is 6.04 Å². The molecule has 1 atom stereocenters. The molecule has 0 spiro atoms. The fourth-order valence-electron chi connectivity index (χ4n) is 2.79. The number of amides is 1. The molecule has 0 saturated heterocycles. The van der Waals surface area contributed by atoms with Crippen LogP contribution in [0.5, 0.6) is 0 Å². The van der Waals surface area contributed by atoms with Crippen LogP contribution in [0.15, 0.2) is 29.3 Å². The summed E-state index contributed by atoms with van der Waals surface area (Å²) in [5, 5.41) is 4.16. The van der Waals surface area contributed by atoms with Crippen molar-refractivity contribution < 1.29 is 4.79 Å². The highest BCUT2D eigenvalue weighted by Crippen LogP contribution is 2.28. The molecular weight excluding hydrogens is 393 g/mol. The van der Waals surface area contributed by atoms with E-state index >= 15 is 0 Å². The van der Waals surface area contributed by atoms with Gasteiger partial charge in [0.25, 0.3) is 5.56 Å². The number of nitrogens with one attached hydrogen (secondary N) is 1. The lowest BCUT2D eigenvalue weighted by molar-refractivity contribution is -0.119. The van der Waals surface area contributed by atoms with Crippen LogP contribution in [-0.2, 0) is 4.79 Å². The summed E-state index contributed by atoms with van der Waals surface area (Å²) in [6, 6.07) is 4.13. The van der Waals surface area contributed by atoms with Crippen molar-refractivity contribution in [2.45, 2.75) is 33.2 Å². The molecule has 5 nitrogen and oxygen atoms in total. The van der Waals surface area contributed by atoms with Gasteiger partial charge in [0.15, 0.2) is 0 Å². The summed E-state index contributed by atoms with van der Waals surface area (Å²) in [4.78, 5) is 31.8. The zero-order valence-electron chi connectivity index (χ0n) is 14.5. The number of rotatable bonds is 4. The van der Waals surface area contributed by atoms with E-state index in [0.717, 1.165) is 10.4 Å². The summed E-state index contributed by atoms with van der Waals surface area (Å²) in [5.74, 6) is -0.329. The maximum atomic E-state index is 12.9. The van der Waals surface area contributed by atoms with Crippen molar-refractivity contribution in [3.63, 3.8) is 0 Å². The van der Waals surface area contributed by atoms with Gasteiger partial charge in [0.2, 0.25) is 5.91 Å². The first kappa shape index (κ1) is 18.9. The molecule has 3 rings (SSSR count). The quantitative estimate of drug-likeness (QED) is 0.661. The first-order valence-corrected chi connectivity index (χ1v) is 9.63. The second kappa shape index (κ2) is 7.39. The fraction of sp³-hybridized carbons (Fsp3) is 0.278. The molecule has 0 aliphatic heterocycles. The summed E-state index contributed by atoms with van der Waals surface area (Å²) in [5.41, 5.74) is 1.15. The number of aryl methyl sites for hydroxylation is 2. The van der Waals surface area contributed by atoms with Crippen LogP contribution in [0.3, 0.4) is 0 Å². The molecule has 26 heavy (non-hydrogen) atoms. The van der Waals surface area contributed by atoms with E-state index in [1.807, 2.05) is 20.8 Å². The smallest absolute Gasteiger partial charge is 0.263 e. The number of hydrogen-bond acceptors (Lipinski definition) is 4. The number of halogens is 2. The summed E-state index contributed by atoms with van der Waals surface area (Å²) >= 11 is 13.5. The van der Waals surface area contributed by atoms with Crippen LogP contribution in [0.4, 0.5) is 5.69 Å². The molecule has 3 aromatic rings. The van der Waals surface area contributed by atoms with Gasteiger partial charge in [-0.3, -0.25) is 14.2 Å². The first-order valence-electron chi connectivity index (χ1n) is 8.06. The molecule has 2 heterocycles. The summed E-state index contributed by atoms with van der Waals surface area (Å²) in [6.07, 6.45) is 1.88. The average Bonchev–Trinajstić information content (AvgIpc) is 2.88. The molecule has 0 radical (unpaired) electrons. The predicted octanol–water partition coefficient (Wildman–Crippen LogP) is 4.97. The first-order chi connectivity index (χ1) is 12.3. The molecule has 1 aromatic carbocycles. The van der Waals surface area contributed by atoms with E-state index in [-0.39, 0.29) is 11.5 Å². The summed E-state index contributed by atoms with van der Waals surface area (Å²) < 4.78 is 1.39. The molecule has 1 amide bonds. The minimum Gasteiger partial charge on any atom is -0.323 e. The van der Waals surface area contributed by atoms with E-state index in [9.17, 15) is 9.59 Å². The van der Waals surface area contributed by atoms with Crippen molar-refractivity contribution in [1.82, 2.24) is 9.55 Å². The van der Waals surface area contributed by atoms with Gasteiger partial charge in [0.05, 0.1) is 22.4 Å². The lowest BCUT2D eigenvalue weighted by Crippen LogP contribution is -2.33. The Balaban J connectivity index is 1.99. The Morgan fingerprint density at radius 1 is 1.35 bits per heavy atom. The number of hydrogen-bond donors (Lipinski definition) is 1. The average molecular weight is 410 g/mol. The molecule has 8 heteroatoms. The predicted molar refractivity (Wildman–Crippen MR) is 108 cm³/mol. The molecular formula is C18H17Cl2N3O2S. The Morgan fingerprint density at radius 2 is 2.08 bits per heavy atom. The van der Waals surface area contributed by atoms with Gasteiger partial charge in [-0.2, -0.15) is 0 Å². The Hall–Kier alpha value is -1.89. The Labute approximate surface area is 164 Å². The van der Waals surface area contributed by atoms with Crippen molar-refractivity contribution >= 4 is 56.3 Å². The molecule has 2 aromatic heterocycles. The van der Waals surface area contributed by atoms with Gasteiger partial charge in [0.1, 0.15) is 10.9 Å². The maximum absolute atomic E-state index is 12.9. The number of anilines is 1. The molecule has 0 aliphatic rings. The molecule has 0 bridgehead atoms. The number of carbonyl (C=O) groups excluding carboxylic acids is 1. The van der Waals surface area contributed by atoms with E-state index in [2.05, 4.69) is 10.3 Å². The number of aromatic nitrogens is 2. The Bertz CT molecular complexity index is 1060. The van der Waals surface area contributed by atoms with Crippen LogP contribution in [-0.4, -0.2) is 15.5 Å². The Kier molecular flexibility index (Phi) is 5.37. The number of fused-ring (bicyclic) bond motifs is 1. The zero-order chi connectivity index (χ0) is 19.0. The van der Waals surface area contributed by atoms with E-state index in [4.69, 9.17) is 23.2 Å². The van der Waals surface area contributed by atoms with Crippen LogP contribution < -0.4 is 10.9 Å². The number of thiophene rings is 1. The van der Waals surface area contributed by atoms with Crippen LogP contribution in [0.1, 0.15) is 29.8 Å². The number of carbonyl (C=O) groups is 1. The second-order valence-electron chi connectivity index (χ2n) is 5.96. The highest BCUT2D eigenvalue weighted by atomic mass is 35.5. The molecule has 1 unspecified atom stereocenters. The van der Waals surface area contributed by atoms with Gasteiger partial charge in [0, 0.05) is 9.90 Å². The zero-order valence-corrected chi connectivity index (χ0v) is 16.8. The third-order valence-corrected chi connectivity index (χ3v) is 5.99. The lowest BCUT2D eigenvalue weighted by Gasteiger charge is -2.18. The van der Waals surface area contributed by atoms with Crippen LogP contribution >= 0.6 is 34.5 Å². The second-order valence-corrected chi connectivity index (χ2v) is 8.00. The van der Waals surface area contributed by atoms with Crippen molar-refractivity contribution in [3.8, 4) is 0 Å². The van der Waals surface area contributed by atoms with Gasteiger partial charge in [-0.05, 0) is 44.0 Å². The third-order valence-electron chi connectivity index (χ3n) is 4.33. The SMILES string of the molecule is CCC(C(=O)Nc1ccc(Cl)cc1Cl)n1cnc2sc(C)c(C)c2c1=O. The van der Waals surface area contributed by atoms with Crippen LogP contribution in [0, 0.1) is 13.8 Å². The Morgan fingerprint density at radius 3 is 2.73 bits per heavy atom. The molecule has 0 saturated carbocycles. The minimum absolute atomic E-state index is 0.207. The molecule has 0 aliphatic carbocycles. The maximum Gasteiger partial charge on any atom is 0.263 e. The van der Waals surface area contributed by atoms with Crippen molar-refractivity contribution in [2.75, 3.05) is 5.32 Å². The normalized spacial score (nSPS) is 12.3. The van der Waals surface area contributed by atoms with Gasteiger partial charge >= 0.3 is 0 Å². The molecule has 136 valence electrons. The monoisotopic (exact) mass is 409 g/mol. The number of benzene rings is 1. The van der Waals surface area contributed by atoms with Crippen LogP contribution in [0.25, 0.3) is 10.2 Å². The standard InChI is InChI=1S/C18H17Cl2N3O2S/c1-4-14(16(24)22-13-6-5-11(19)7-12(13)20)23-8-21-17-15(18(23)25)9(2)10(3)26-17/h5-8,14H,4H2,1-3H3,(H,22,24). The van der Waals surface area contributed by atoms with Gasteiger partial charge in [-0.25, -0.2) is 4.98 Å². The van der Waals surface area contributed by atoms with Crippen molar-refractivity contribution in [1.29, 1.82) is 0 Å². The largest absolute Gasteiger partial charge is 0.323 e. The van der Waals surface area contributed by atoms with Crippen molar-refractivity contribution in [2.24, 2.45) is 0 Å². The van der Waals surface area contributed by atoms with Crippen LogP contribution in [0.2, 0.25) is 10.0 Å². The molecule has 0 fully saturated rings. The fourth-order valence-corrected chi connectivity index (χ4v) is 4.23. The topological polar surface area (TPSA) is 64.0 Å². The van der Waals surface area contributed by atoms with E-state index in [0.29, 0.717) is 32.4 Å². The van der Waals surface area contributed by atoms with E-state index in [1.165, 1.54) is 22.2 Å². The summed E-state index contributed by atoms with van der Waals surface area (Å²) in [6.45, 7) is 5.70. The minimum atomic E-state index is -0.689. The third kappa shape index (κ3) is 3.37. The van der Waals surface area contributed by atoms with E-state index in [1.54, 1.807) is 18.2 Å². The number of nitrogens with zero attached hydrogens (tertiary/aromatic N) is 2. The lowest BCUT2D eigenvalue weighted by atomic mass is 10.1. The highest BCUT2D eigenvalue weighted by Gasteiger charge is 2.23. The van der Waals surface area contributed by atoms with Gasteiger partial charge in [-0.15, -0.1) is 11.3 Å². The van der Waals surface area contributed by atoms with Gasteiger partial charge in [-0.1, -0.05) is 30.1 Å². The molecule has 1 N–H and O–H groups in total. The van der Waals surface area contributed by atoms with Crippen molar-refractivity contribution in [3.05, 3.63) is 55.4 Å².